The summed E-state index contributed by atoms with van der Waals surface area (Å²) in [5, 5.41) is 1.37. The lowest BCUT2D eigenvalue weighted by atomic mass is 9.95. The predicted octanol–water partition coefficient (Wildman–Crippen LogP) is 3.65. The monoisotopic (exact) mass is 242 g/mol. The Bertz CT molecular complexity index is 521. The van der Waals surface area contributed by atoms with Gasteiger partial charge in [-0.15, -0.1) is 0 Å². The van der Waals surface area contributed by atoms with E-state index in [9.17, 15) is 0 Å². The fraction of sp³-hybridized carbons (Fsp3) is 0.500. The van der Waals surface area contributed by atoms with Crippen LogP contribution in [0.15, 0.2) is 30.3 Å². The third kappa shape index (κ3) is 2.05. The molecule has 1 aliphatic rings. The second kappa shape index (κ2) is 5.15. The molecule has 0 unspecified atom stereocenters. The molecule has 0 saturated heterocycles. The number of benzene rings is 1. The molecular weight excluding hydrogens is 220 g/mol. The van der Waals surface area contributed by atoms with Crippen LogP contribution in [0, 0.1) is 0 Å². The molecule has 0 spiro atoms. The number of fused-ring (bicyclic) bond motifs is 1. The minimum atomic E-state index is 0.695. The standard InChI is InChI=1S/C16H22N2/c17-11-10-15-12-13-6-4-5-9-16(13)18(15)14-7-2-1-3-8-14/h4-6,9,12,14H,1-3,7-8,10-11,17H2. The van der Waals surface area contributed by atoms with Crippen LogP contribution in [0.4, 0.5) is 0 Å². The number of hydrogen-bond donors (Lipinski definition) is 1. The van der Waals surface area contributed by atoms with Crippen LogP contribution in [0.3, 0.4) is 0 Å². The molecule has 18 heavy (non-hydrogen) atoms. The Morgan fingerprint density at radius 1 is 1.11 bits per heavy atom. The van der Waals surface area contributed by atoms with E-state index in [2.05, 4.69) is 34.9 Å². The van der Waals surface area contributed by atoms with E-state index in [4.69, 9.17) is 5.73 Å². The highest BCUT2D eigenvalue weighted by molar-refractivity contribution is 5.81. The van der Waals surface area contributed by atoms with Crippen LogP contribution in [-0.2, 0) is 6.42 Å². The molecule has 0 atom stereocenters. The number of nitrogens with zero attached hydrogens (tertiary/aromatic N) is 1. The molecule has 1 aliphatic carbocycles. The molecule has 1 aromatic heterocycles. The van der Waals surface area contributed by atoms with Crippen molar-refractivity contribution in [3.05, 3.63) is 36.0 Å². The maximum atomic E-state index is 5.77. The second-order valence-corrected chi connectivity index (χ2v) is 5.40. The second-order valence-electron chi connectivity index (χ2n) is 5.40. The number of rotatable bonds is 3. The lowest BCUT2D eigenvalue weighted by Crippen LogP contribution is -2.16. The van der Waals surface area contributed by atoms with Crippen LogP contribution in [0.25, 0.3) is 10.9 Å². The van der Waals surface area contributed by atoms with Crippen LogP contribution in [0.2, 0.25) is 0 Å². The molecule has 1 aromatic carbocycles. The van der Waals surface area contributed by atoms with Crippen LogP contribution in [0.1, 0.15) is 43.8 Å². The zero-order valence-electron chi connectivity index (χ0n) is 10.9. The van der Waals surface area contributed by atoms with E-state index >= 15 is 0 Å². The van der Waals surface area contributed by atoms with Gasteiger partial charge >= 0.3 is 0 Å². The van der Waals surface area contributed by atoms with Crippen molar-refractivity contribution in [3.63, 3.8) is 0 Å². The summed E-state index contributed by atoms with van der Waals surface area (Å²) in [6.07, 6.45) is 7.80. The normalized spacial score (nSPS) is 17.4. The van der Waals surface area contributed by atoms with Crippen molar-refractivity contribution in [1.82, 2.24) is 4.57 Å². The fourth-order valence-corrected chi connectivity index (χ4v) is 3.34. The highest BCUT2D eigenvalue weighted by atomic mass is 15.0. The third-order valence-corrected chi connectivity index (χ3v) is 4.17. The SMILES string of the molecule is NCCc1cc2ccccc2n1C1CCCCC1. The van der Waals surface area contributed by atoms with E-state index < -0.39 is 0 Å². The molecule has 0 amide bonds. The first-order valence-corrected chi connectivity index (χ1v) is 7.19. The minimum Gasteiger partial charge on any atom is -0.341 e. The topological polar surface area (TPSA) is 30.9 Å². The zero-order chi connectivity index (χ0) is 12.4. The van der Waals surface area contributed by atoms with Crippen LogP contribution in [0.5, 0.6) is 0 Å². The first kappa shape index (κ1) is 11.8. The molecule has 2 N–H and O–H groups in total. The summed E-state index contributed by atoms with van der Waals surface area (Å²) in [5.41, 5.74) is 8.59. The van der Waals surface area contributed by atoms with E-state index in [0.29, 0.717) is 6.04 Å². The first-order valence-electron chi connectivity index (χ1n) is 7.19. The lowest BCUT2D eigenvalue weighted by molar-refractivity contribution is 0.354. The van der Waals surface area contributed by atoms with Gasteiger partial charge in [-0.05, 0) is 43.3 Å². The highest BCUT2D eigenvalue weighted by Gasteiger charge is 2.19. The molecule has 1 fully saturated rings. The van der Waals surface area contributed by atoms with E-state index in [0.717, 1.165) is 13.0 Å². The highest BCUT2D eigenvalue weighted by Crippen LogP contribution is 2.33. The number of hydrogen-bond acceptors (Lipinski definition) is 1. The van der Waals surface area contributed by atoms with Crippen LogP contribution < -0.4 is 5.73 Å². The summed E-state index contributed by atoms with van der Waals surface area (Å²) >= 11 is 0. The maximum absolute atomic E-state index is 5.77. The summed E-state index contributed by atoms with van der Waals surface area (Å²) in [5.74, 6) is 0. The molecule has 2 aromatic rings. The van der Waals surface area contributed by atoms with Gasteiger partial charge in [0.2, 0.25) is 0 Å². The quantitative estimate of drug-likeness (QED) is 0.875. The maximum Gasteiger partial charge on any atom is 0.0485 e. The third-order valence-electron chi connectivity index (χ3n) is 4.17. The summed E-state index contributed by atoms with van der Waals surface area (Å²) < 4.78 is 2.57. The molecule has 0 aliphatic heterocycles. The lowest BCUT2D eigenvalue weighted by Gasteiger charge is -2.26. The smallest absolute Gasteiger partial charge is 0.0485 e. The van der Waals surface area contributed by atoms with E-state index in [-0.39, 0.29) is 0 Å². The summed E-state index contributed by atoms with van der Waals surface area (Å²) in [6, 6.07) is 11.8. The van der Waals surface area contributed by atoms with Crippen LogP contribution in [-0.4, -0.2) is 11.1 Å². The summed E-state index contributed by atoms with van der Waals surface area (Å²) in [7, 11) is 0. The largest absolute Gasteiger partial charge is 0.341 e. The van der Waals surface area contributed by atoms with Crippen molar-refractivity contribution in [1.29, 1.82) is 0 Å². The zero-order valence-corrected chi connectivity index (χ0v) is 10.9. The average Bonchev–Trinajstić information content (AvgIpc) is 2.78. The van der Waals surface area contributed by atoms with E-state index in [1.807, 2.05) is 0 Å². The number of nitrogens with two attached hydrogens (primary N) is 1. The van der Waals surface area contributed by atoms with Gasteiger partial charge in [0.15, 0.2) is 0 Å². The van der Waals surface area contributed by atoms with Gasteiger partial charge < -0.3 is 10.3 Å². The average molecular weight is 242 g/mol. The Morgan fingerprint density at radius 3 is 2.67 bits per heavy atom. The van der Waals surface area contributed by atoms with Gasteiger partial charge in [-0.2, -0.15) is 0 Å². The summed E-state index contributed by atoms with van der Waals surface area (Å²) in [4.78, 5) is 0. The van der Waals surface area contributed by atoms with Crippen LogP contribution >= 0.6 is 0 Å². The molecule has 0 radical (unpaired) electrons. The van der Waals surface area contributed by atoms with Crippen molar-refractivity contribution in [2.24, 2.45) is 5.73 Å². The van der Waals surface area contributed by atoms with Crippen molar-refractivity contribution in [2.45, 2.75) is 44.6 Å². The summed E-state index contributed by atoms with van der Waals surface area (Å²) in [6.45, 7) is 0.739. The minimum absolute atomic E-state index is 0.695. The Morgan fingerprint density at radius 2 is 1.89 bits per heavy atom. The van der Waals surface area contributed by atoms with Crippen molar-refractivity contribution in [2.75, 3.05) is 6.54 Å². The van der Waals surface area contributed by atoms with Gasteiger partial charge in [0, 0.05) is 17.3 Å². The number of aromatic nitrogens is 1. The van der Waals surface area contributed by atoms with Crippen molar-refractivity contribution in [3.8, 4) is 0 Å². The molecular formula is C16H22N2. The molecule has 2 heteroatoms. The fourth-order valence-electron chi connectivity index (χ4n) is 3.34. The van der Waals surface area contributed by atoms with Crippen molar-refractivity contribution < 1.29 is 0 Å². The Balaban J connectivity index is 2.07. The van der Waals surface area contributed by atoms with Gasteiger partial charge in [-0.3, -0.25) is 0 Å². The molecule has 2 nitrogen and oxygen atoms in total. The molecule has 1 saturated carbocycles. The molecule has 96 valence electrons. The first-order chi connectivity index (χ1) is 8.90. The van der Waals surface area contributed by atoms with Gasteiger partial charge in [0.05, 0.1) is 0 Å². The van der Waals surface area contributed by atoms with E-state index in [1.165, 1.54) is 48.7 Å². The Labute approximate surface area is 109 Å². The van der Waals surface area contributed by atoms with Gasteiger partial charge in [-0.1, -0.05) is 37.5 Å². The van der Waals surface area contributed by atoms with E-state index in [1.54, 1.807) is 0 Å². The Hall–Kier alpha value is -1.28. The predicted molar refractivity (Wildman–Crippen MR) is 76.8 cm³/mol. The molecule has 3 rings (SSSR count). The molecule has 1 heterocycles. The van der Waals surface area contributed by atoms with Crippen molar-refractivity contribution >= 4 is 10.9 Å². The number of para-hydroxylation sites is 1. The Kier molecular flexibility index (Phi) is 3.37. The van der Waals surface area contributed by atoms with Gasteiger partial charge in [0.25, 0.3) is 0 Å². The molecule has 0 bridgehead atoms. The van der Waals surface area contributed by atoms with Gasteiger partial charge in [-0.25, -0.2) is 0 Å². The van der Waals surface area contributed by atoms with Gasteiger partial charge in [0.1, 0.15) is 0 Å².